The van der Waals surface area contributed by atoms with E-state index in [9.17, 15) is 29.1 Å². The summed E-state index contributed by atoms with van der Waals surface area (Å²) in [6.07, 6.45) is -0.333. The number of carboxylic acid groups (broad SMARTS) is 1. The van der Waals surface area contributed by atoms with Gasteiger partial charge in [-0.05, 0) is 6.92 Å². The van der Waals surface area contributed by atoms with Crippen molar-refractivity contribution in [2.45, 2.75) is 31.7 Å². The summed E-state index contributed by atoms with van der Waals surface area (Å²) in [6, 6.07) is -0.869. The quantitative estimate of drug-likeness (QED) is 0.362. The average Bonchev–Trinajstić information content (AvgIpc) is 2.48. The molecule has 24 heavy (non-hydrogen) atoms. The molecule has 10 heteroatoms. The SMILES string of the molecule is CC(=O)CC(=O)NC1C(=O)N2C(C(=O)O)=C(COC(C)=O)CS[C@@H]12. The topological polar surface area (TPSA) is 130 Å². The van der Waals surface area contributed by atoms with E-state index in [-0.39, 0.29) is 30.3 Å². The van der Waals surface area contributed by atoms with Crippen LogP contribution in [0.25, 0.3) is 0 Å². The van der Waals surface area contributed by atoms with Crippen molar-refractivity contribution < 1.29 is 33.8 Å². The van der Waals surface area contributed by atoms with Gasteiger partial charge in [0.1, 0.15) is 29.5 Å². The first-order chi connectivity index (χ1) is 11.2. The lowest BCUT2D eigenvalue weighted by Gasteiger charge is -2.49. The van der Waals surface area contributed by atoms with Crippen LogP contribution < -0.4 is 5.32 Å². The maximum atomic E-state index is 12.2. The van der Waals surface area contributed by atoms with Gasteiger partial charge in [-0.15, -0.1) is 11.8 Å². The van der Waals surface area contributed by atoms with E-state index in [2.05, 4.69) is 5.32 Å². The molecule has 2 aliphatic heterocycles. The van der Waals surface area contributed by atoms with Gasteiger partial charge in [0.15, 0.2) is 0 Å². The number of esters is 1. The van der Waals surface area contributed by atoms with E-state index in [1.165, 1.54) is 25.6 Å². The molecule has 0 aromatic rings. The summed E-state index contributed by atoms with van der Waals surface area (Å²) in [6.45, 7) is 2.26. The predicted octanol–water partition coefficient (Wildman–Crippen LogP) is -0.733. The van der Waals surface area contributed by atoms with Crippen LogP contribution >= 0.6 is 11.8 Å². The Balaban J connectivity index is 2.14. The van der Waals surface area contributed by atoms with Gasteiger partial charge in [0.25, 0.3) is 5.91 Å². The fraction of sp³-hybridized carbons (Fsp3) is 0.500. The van der Waals surface area contributed by atoms with Gasteiger partial charge in [0.05, 0.1) is 6.42 Å². The van der Waals surface area contributed by atoms with E-state index < -0.39 is 35.2 Å². The van der Waals surface area contributed by atoms with Crippen LogP contribution in [0.15, 0.2) is 11.3 Å². The average molecular weight is 356 g/mol. The monoisotopic (exact) mass is 356 g/mol. The second kappa shape index (κ2) is 7.04. The number of carbonyl (C=O) groups is 5. The molecule has 0 aliphatic carbocycles. The summed E-state index contributed by atoms with van der Waals surface area (Å²) in [4.78, 5) is 58.2. The standard InChI is InChI=1S/C14H16N2O7S/c1-6(17)3-9(19)15-10-12(20)16-11(14(21)22)8(4-23-7(2)18)5-24-13(10)16/h10,13H,3-5H2,1-2H3,(H,15,19)(H,21,22)/t10?,13-/m0/s1. The van der Waals surface area contributed by atoms with Crippen LogP contribution in [0.3, 0.4) is 0 Å². The fourth-order valence-corrected chi connectivity index (χ4v) is 3.76. The smallest absolute Gasteiger partial charge is 0.352 e. The first-order valence-electron chi connectivity index (χ1n) is 7.04. The molecule has 2 aliphatic rings. The number of Topliss-reactive ketones (excluding diaryl/α,β-unsaturated/α-hetero) is 1. The molecule has 2 N–H and O–H groups in total. The lowest BCUT2D eigenvalue weighted by Crippen LogP contribution is -2.70. The number of hydrogen-bond donors (Lipinski definition) is 2. The summed E-state index contributed by atoms with van der Waals surface area (Å²) in [5.74, 6) is -3.08. The number of rotatable bonds is 6. The second-order valence-electron chi connectivity index (χ2n) is 5.37. The van der Waals surface area contributed by atoms with Gasteiger partial charge in [-0.3, -0.25) is 24.1 Å². The summed E-state index contributed by atoms with van der Waals surface area (Å²) in [7, 11) is 0. The van der Waals surface area contributed by atoms with Gasteiger partial charge in [-0.25, -0.2) is 4.79 Å². The lowest BCUT2D eigenvalue weighted by atomic mass is 10.0. The molecule has 9 nitrogen and oxygen atoms in total. The number of ketones is 1. The third-order valence-corrected chi connectivity index (χ3v) is 4.77. The Bertz CT molecular complexity index is 658. The van der Waals surface area contributed by atoms with Gasteiger partial charge >= 0.3 is 11.9 Å². The molecule has 2 amide bonds. The molecular formula is C14H16N2O7S. The fourth-order valence-electron chi connectivity index (χ4n) is 2.43. The molecular weight excluding hydrogens is 340 g/mol. The Morgan fingerprint density at radius 3 is 2.54 bits per heavy atom. The number of nitrogens with zero attached hydrogens (tertiary/aromatic N) is 1. The number of thioether (sulfide) groups is 1. The van der Waals surface area contributed by atoms with Crippen LogP contribution in [-0.4, -0.2) is 63.3 Å². The maximum Gasteiger partial charge on any atom is 0.352 e. The van der Waals surface area contributed by atoms with Crippen molar-refractivity contribution in [1.82, 2.24) is 10.2 Å². The van der Waals surface area contributed by atoms with Gasteiger partial charge in [-0.2, -0.15) is 0 Å². The molecule has 1 saturated heterocycles. The summed E-state index contributed by atoms with van der Waals surface area (Å²) >= 11 is 1.26. The zero-order valence-electron chi connectivity index (χ0n) is 13.0. The lowest BCUT2D eigenvalue weighted by molar-refractivity contribution is -0.151. The highest BCUT2D eigenvalue weighted by molar-refractivity contribution is 8.00. The summed E-state index contributed by atoms with van der Waals surface area (Å²) in [5, 5.41) is 11.3. The molecule has 130 valence electrons. The third kappa shape index (κ3) is 3.58. The van der Waals surface area contributed by atoms with Crippen LogP contribution in [0.4, 0.5) is 0 Å². The Kier molecular flexibility index (Phi) is 5.27. The van der Waals surface area contributed by atoms with Crippen molar-refractivity contribution in [3.63, 3.8) is 0 Å². The number of amides is 2. The molecule has 2 rings (SSSR count). The number of carbonyl (C=O) groups excluding carboxylic acids is 4. The van der Waals surface area contributed by atoms with Crippen LogP contribution in [-0.2, 0) is 28.7 Å². The molecule has 0 spiro atoms. The van der Waals surface area contributed by atoms with Crippen molar-refractivity contribution in [1.29, 1.82) is 0 Å². The Hall–Kier alpha value is -2.36. The van der Waals surface area contributed by atoms with Crippen molar-refractivity contribution in [3.05, 3.63) is 11.3 Å². The molecule has 1 unspecified atom stereocenters. The van der Waals surface area contributed by atoms with Gasteiger partial charge < -0.3 is 15.2 Å². The van der Waals surface area contributed by atoms with Gasteiger partial charge in [0, 0.05) is 18.2 Å². The van der Waals surface area contributed by atoms with E-state index in [4.69, 9.17) is 4.74 Å². The van der Waals surface area contributed by atoms with Crippen LogP contribution in [0.5, 0.6) is 0 Å². The first-order valence-corrected chi connectivity index (χ1v) is 8.09. The zero-order valence-corrected chi connectivity index (χ0v) is 13.8. The maximum absolute atomic E-state index is 12.2. The summed E-state index contributed by atoms with van der Waals surface area (Å²) in [5.41, 5.74) is 0.0999. The van der Waals surface area contributed by atoms with E-state index in [1.54, 1.807) is 0 Å². The van der Waals surface area contributed by atoms with E-state index in [0.717, 1.165) is 4.90 Å². The van der Waals surface area contributed by atoms with E-state index in [1.807, 2.05) is 0 Å². The first kappa shape index (κ1) is 18.0. The highest BCUT2D eigenvalue weighted by Gasteiger charge is 2.54. The number of β-lactam (4-membered cyclic amide) rings is 1. The number of hydrogen-bond acceptors (Lipinski definition) is 7. The Morgan fingerprint density at radius 1 is 1.33 bits per heavy atom. The highest BCUT2D eigenvalue weighted by Crippen LogP contribution is 2.40. The van der Waals surface area contributed by atoms with Crippen LogP contribution in [0.1, 0.15) is 20.3 Å². The predicted molar refractivity (Wildman–Crippen MR) is 81.6 cm³/mol. The largest absolute Gasteiger partial charge is 0.477 e. The number of aliphatic carboxylic acids is 1. The third-order valence-electron chi connectivity index (χ3n) is 3.43. The molecule has 0 aromatic carbocycles. The molecule has 1 fully saturated rings. The molecule has 0 radical (unpaired) electrons. The van der Waals surface area contributed by atoms with E-state index >= 15 is 0 Å². The summed E-state index contributed by atoms with van der Waals surface area (Å²) < 4.78 is 4.82. The minimum absolute atomic E-state index is 0.207. The van der Waals surface area contributed by atoms with Gasteiger partial charge in [-0.1, -0.05) is 0 Å². The number of fused-ring (bicyclic) bond motifs is 1. The molecule has 0 aromatic heterocycles. The van der Waals surface area contributed by atoms with Crippen LogP contribution in [0, 0.1) is 0 Å². The number of nitrogens with one attached hydrogen (secondary N) is 1. The van der Waals surface area contributed by atoms with E-state index in [0.29, 0.717) is 5.57 Å². The molecule has 0 saturated carbocycles. The van der Waals surface area contributed by atoms with Crippen molar-refractivity contribution >= 4 is 41.3 Å². The minimum Gasteiger partial charge on any atom is -0.477 e. The highest BCUT2D eigenvalue weighted by atomic mass is 32.2. The molecule has 0 bridgehead atoms. The van der Waals surface area contributed by atoms with Gasteiger partial charge in [0.2, 0.25) is 5.91 Å². The Morgan fingerprint density at radius 2 is 2.00 bits per heavy atom. The Labute approximate surface area is 141 Å². The zero-order chi connectivity index (χ0) is 18.0. The minimum atomic E-state index is -1.30. The normalized spacial score (nSPS) is 22.4. The van der Waals surface area contributed by atoms with Crippen molar-refractivity contribution in [2.75, 3.05) is 12.4 Å². The molecule has 2 atom stereocenters. The van der Waals surface area contributed by atoms with Crippen molar-refractivity contribution in [2.24, 2.45) is 0 Å². The number of ether oxygens (including phenoxy) is 1. The van der Waals surface area contributed by atoms with Crippen molar-refractivity contribution in [3.8, 4) is 0 Å². The number of carboxylic acids is 1. The second-order valence-corrected chi connectivity index (χ2v) is 6.48. The molecule has 2 heterocycles. The van der Waals surface area contributed by atoms with Crippen LogP contribution in [0.2, 0.25) is 0 Å².